The van der Waals surface area contributed by atoms with Crippen LogP contribution in [0.3, 0.4) is 0 Å². The topological polar surface area (TPSA) is 240 Å². The number of nitrogens with one attached hydrogen (secondary N) is 2. The van der Waals surface area contributed by atoms with E-state index >= 15 is 0 Å². The fourth-order valence-corrected chi connectivity index (χ4v) is 5.77. The van der Waals surface area contributed by atoms with Crippen molar-refractivity contribution in [2.75, 3.05) is 10.6 Å². The lowest BCUT2D eigenvalue weighted by Gasteiger charge is -2.11. The molecule has 0 spiro atoms. The molecule has 0 aliphatic heterocycles. The summed E-state index contributed by atoms with van der Waals surface area (Å²) < 4.78 is 63.0. The summed E-state index contributed by atoms with van der Waals surface area (Å²) in [6.45, 7) is 0. The second kappa shape index (κ2) is 13.3. The number of hydrogen-bond acceptors (Lipinski definition) is 11. The molecule has 6 N–H and O–H groups in total. The zero-order valence-corrected chi connectivity index (χ0v) is 27.0. The van der Waals surface area contributed by atoms with Gasteiger partial charge in [-0.3, -0.25) is 9.11 Å². The van der Waals surface area contributed by atoms with Crippen molar-refractivity contribution in [2.24, 2.45) is 20.5 Å². The number of nitrogens with zero attached hydrogens (tertiary/aromatic N) is 4. The number of carbonyl (C=O) groups is 1. The van der Waals surface area contributed by atoms with Gasteiger partial charge in [-0.05, 0) is 108 Å². The van der Waals surface area contributed by atoms with Crippen LogP contribution in [0.15, 0.2) is 139 Å². The van der Waals surface area contributed by atoms with Crippen LogP contribution in [0, 0.1) is 0 Å². The van der Waals surface area contributed by atoms with E-state index in [1.165, 1.54) is 60.7 Å². The second-order valence-corrected chi connectivity index (χ2v) is 13.5. The number of carbonyl (C=O) groups excluding carboxylic acids is 1. The second-order valence-electron chi connectivity index (χ2n) is 10.7. The SMILES string of the molecule is O=C(Nc1ccc2c(O)c(N=Nc3ccc(S(=O)(=O)O)cc3)ccc2c1)Nc1ccc2c(O)c(N=Nc3ccc(S(=O)(=O)O)cc3)ccc2c1. The fraction of sp³-hybridized carbons (Fsp3) is 0. The number of amides is 2. The summed E-state index contributed by atoms with van der Waals surface area (Å²) in [7, 11) is -8.68. The molecule has 0 aliphatic carbocycles. The lowest BCUT2D eigenvalue weighted by molar-refractivity contribution is 0.262. The van der Waals surface area contributed by atoms with Crippen molar-refractivity contribution in [3.8, 4) is 11.5 Å². The minimum absolute atomic E-state index is 0.153. The van der Waals surface area contributed by atoms with E-state index in [4.69, 9.17) is 9.11 Å². The first-order valence-electron chi connectivity index (χ1n) is 14.3. The third kappa shape index (κ3) is 7.55. The standard InChI is InChI=1S/C33H24N6O9S2/c40-31-27-13-7-23(17-19(27)1-15-29(31)38-36-21-3-9-25(10-4-21)49(43,44)45)34-33(42)35-24-8-14-28-20(18-24)2-16-30(32(28)41)39-37-22-5-11-26(12-6-22)50(46,47)48/h1-18,40-41H,(H2,34,35,42)(H,43,44,45)(H,46,47,48). The van der Waals surface area contributed by atoms with Gasteiger partial charge in [0.2, 0.25) is 0 Å². The number of anilines is 2. The molecule has 0 fully saturated rings. The maximum absolute atomic E-state index is 12.8. The molecular weight excluding hydrogens is 689 g/mol. The van der Waals surface area contributed by atoms with Crippen molar-refractivity contribution in [2.45, 2.75) is 9.79 Å². The molecule has 2 amide bonds. The van der Waals surface area contributed by atoms with Gasteiger partial charge in [-0.15, -0.1) is 10.2 Å². The molecule has 0 unspecified atom stereocenters. The van der Waals surface area contributed by atoms with Crippen LogP contribution in [0.5, 0.6) is 11.5 Å². The van der Waals surface area contributed by atoms with Crippen LogP contribution in [0.4, 0.5) is 38.9 Å². The molecule has 0 atom stereocenters. The number of phenols is 2. The lowest BCUT2D eigenvalue weighted by atomic mass is 10.1. The largest absolute Gasteiger partial charge is 0.505 e. The molecule has 15 nitrogen and oxygen atoms in total. The summed E-state index contributed by atoms with van der Waals surface area (Å²) in [6, 6.07) is 25.7. The molecule has 17 heteroatoms. The average Bonchev–Trinajstić information content (AvgIpc) is 3.07. The van der Waals surface area contributed by atoms with Crippen LogP contribution in [0.2, 0.25) is 0 Å². The first kappa shape index (κ1) is 33.6. The van der Waals surface area contributed by atoms with Crippen LogP contribution in [-0.4, -0.2) is 42.2 Å². The zero-order chi connectivity index (χ0) is 35.6. The van der Waals surface area contributed by atoms with Crippen molar-refractivity contribution in [1.29, 1.82) is 0 Å². The first-order valence-corrected chi connectivity index (χ1v) is 17.2. The Bertz CT molecular complexity index is 2400. The smallest absolute Gasteiger partial charge is 0.323 e. The predicted molar refractivity (Wildman–Crippen MR) is 185 cm³/mol. The van der Waals surface area contributed by atoms with Crippen LogP contribution in [0.1, 0.15) is 0 Å². The molecule has 6 rings (SSSR count). The van der Waals surface area contributed by atoms with E-state index in [-0.39, 0.29) is 32.7 Å². The van der Waals surface area contributed by atoms with Crippen LogP contribution < -0.4 is 10.6 Å². The molecule has 0 aliphatic rings. The van der Waals surface area contributed by atoms with Gasteiger partial charge in [0, 0.05) is 22.1 Å². The summed E-state index contributed by atoms with van der Waals surface area (Å²) in [6.07, 6.45) is 0. The normalized spacial score (nSPS) is 12.2. The van der Waals surface area contributed by atoms with Gasteiger partial charge in [-0.1, -0.05) is 12.1 Å². The van der Waals surface area contributed by atoms with Gasteiger partial charge in [0.15, 0.2) is 11.5 Å². The van der Waals surface area contributed by atoms with Crippen molar-refractivity contribution in [3.63, 3.8) is 0 Å². The highest BCUT2D eigenvalue weighted by Gasteiger charge is 2.13. The minimum Gasteiger partial charge on any atom is -0.505 e. The molecule has 50 heavy (non-hydrogen) atoms. The number of hydrogen-bond donors (Lipinski definition) is 6. The average molecular weight is 713 g/mol. The number of aromatic hydroxyl groups is 2. The van der Waals surface area contributed by atoms with Gasteiger partial charge in [-0.25, -0.2) is 4.79 Å². The molecule has 0 radical (unpaired) electrons. The summed E-state index contributed by atoms with van der Waals surface area (Å²) in [5.74, 6) is -0.314. The van der Waals surface area contributed by atoms with Gasteiger partial charge < -0.3 is 20.8 Å². The summed E-state index contributed by atoms with van der Waals surface area (Å²) >= 11 is 0. The molecule has 6 aromatic carbocycles. The quantitative estimate of drug-likeness (QED) is 0.0655. The van der Waals surface area contributed by atoms with E-state index in [1.54, 1.807) is 48.5 Å². The third-order valence-electron chi connectivity index (χ3n) is 7.27. The van der Waals surface area contributed by atoms with Gasteiger partial charge in [0.05, 0.1) is 21.2 Å². The van der Waals surface area contributed by atoms with Gasteiger partial charge in [0.25, 0.3) is 20.2 Å². The Labute approximate surface area is 283 Å². The first-order chi connectivity index (χ1) is 23.7. The maximum atomic E-state index is 12.8. The number of rotatable bonds is 8. The number of phenolic OH excluding ortho intramolecular Hbond substituents is 2. The summed E-state index contributed by atoms with van der Waals surface area (Å²) in [5.41, 5.74) is 1.76. The van der Waals surface area contributed by atoms with Gasteiger partial charge >= 0.3 is 6.03 Å². The Morgan fingerprint density at radius 3 is 1.24 bits per heavy atom. The van der Waals surface area contributed by atoms with Crippen LogP contribution in [0.25, 0.3) is 21.5 Å². The molecule has 0 aromatic heterocycles. The van der Waals surface area contributed by atoms with Crippen molar-refractivity contribution < 1.29 is 40.9 Å². The molecule has 252 valence electrons. The van der Waals surface area contributed by atoms with E-state index in [9.17, 15) is 31.8 Å². The monoisotopic (exact) mass is 712 g/mol. The molecule has 0 heterocycles. The highest BCUT2D eigenvalue weighted by atomic mass is 32.2. The fourth-order valence-electron chi connectivity index (χ4n) is 4.81. The highest BCUT2D eigenvalue weighted by Crippen LogP contribution is 2.38. The van der Waals surface area contributed by atoms with Crippen molar-refractivity contribution >= 4 is 81.9 Å². The van der Waals surface area contributed by atoms with E-state index in [0.717, 1.165) is 0 Å². The van der Waals surface area contributed by atoms with Crippen LogP contribution in [-0.2, 0) is 20.2 Å². The van der Waals surface area contributed by atoms with E-state index < -0.39 is 26.3 Å². The van der Waals surface area contributed by atoms with Gasteiger partial charge in [-0.2, -0.15) is 27.1 Å². The van der Waals surface area contributed by atoms with E-state index in [0.29, 0.717) is 44.3 Å². The van der Waals surface area contributed by atoms with E-state index in [1.807, 2.05) is 0 Å². The third-order valence-corrected chi connectivity index (χ3v) is 9.01. The maximum Gasteiger partial charge on any atom is 0.323 e. The molecule has 0 saturated heterocycles. The van der Waals surface area contributed by atoms with Gasteiger partial charge in [0.1, 0.15) is 11.4 Å². The number of fused-ring (bicyclic) bond motifs is 2. The Morgan fingerprint density at radius 2 is 0.880 bits per heavy atom. The number of benzene rings is 6. The minimum atomic E-state index is -4.34. The summed E-state index contributed by atoms with van der Waals surface area (Å²) in [5, 5.41) is 45.1. The Kier molecular flexibility index (Phi) is 8.96. The van der Waals surface area contributed by atoms with E-state index in [2.05, 4.69) is 31.1 Å². The molecule has 0 saturated carbocycles. The van der Waals surface area contributed by atoms with Crippen molar-refractivity contribution in [3.05, 3.63) is 109 Å². The van der Waals surface area contributed by atoms with Crippen molar-refractivity contribution in [1.82, 2.24) is 0 Å². The highest BCUT2D eigenvalue weighted by molar-refractivity contribution is 7.86. The Balaban J connectivity index is 1.11. The van der Waals surface area contributed by atoms with Crippen LogP contribution >= 0.6 is 0 Å². The predicted octanol–water partition coefficient (Wildman–Crippen LogP) is 8.37. The number of urea groups is 1. The number of azo groups is 2. The Morgan fingerprint density at radius 1 is 0.500 bits per heavy atom. The molecule has 0 bridgehead atoms. The molecular formula is C33H24N6O9S2. The molecule has 6 aromatic rings. The summed E-state index contributed by atoms with van der Waals surface area (Å²) in [4.78, 5) is 12.2. The Hall–Kier alpha value is -6.27. The lowest BCUT2D eigenvalue weighted by Crippen LogP contribution is -2.19. The zero-order valence-electron chi connectivity index (χ0n) is 25.3.